The molecule has 124 valence electrons. The maximum absolute atomic E-state index is 13.2. The van der Waals surface area contributed by atoms with Gasteiger partial charge in [-0.15, -0.1) is 10.2 Å². The molecule has 0 spiro atoms. The Balaban J connectivity index is 2.58. The minimum Gasteiger partial charge on any atom is -0.354 e. The number of aromatic nitrogens is 4. The number of hydrogen-bond donors (Lipinski definition) is 2. The molecule has 0 aliphatic carbocycles. The van der Waals surface area contributed by atoms with E-state index in [9.17, 15) is 23.3 Å². The van der Waals surface area contributed by atoms with Gasteiger partial charge in [0.25, 0.3) is 5.69 Å². The van der Waals surface area contributed by atoms with Gasteiger partial charge in [-0.2, -0.15) is 23.6 Å². The van der Waals surface area contributed by atoms with E-state index in [1.54, 1.807) is 6.07 Å². The zero-order valence-electron chi connectivity index (χ0n) is 11.3. The number of nitriles is 1. The Labute approximate surface area is 139 Å². The lowest BCUT2D eigenvalue weighted by Crippen LogP contribution is -2.12. The van der Waals surface area contributed by atoms with Crippen molar-refractivity contribution >= 4 is 32.9 Å². The van der Waals surface area contributed by atoms with Crippen LogP contribution >= 0.6 is 15.9 Å². The number of alkyl halides is 3. The highest BCUT2D eigenvalue weighted by Crippen LogP contribution is 2.44. The van der Waals surface area contributed by atoms with Crippen LogP contribution < -0.4 is 5.32 Å². The summed E-state index contributed by atoms with van der Waals surface area (Å²) < 4.78 is 39.2. The number of nitrogens with one attached hydrogen (secondary N) is 2. The fourth-order valence-electron chi connectivity index (χ4n) is 1.71. The molecule has 0 unspecified atom stereocenters. The maximum Gasteiger partial charge on any atom is 0.419 e. The van der Waals surface area contributed by atoms with E-state index in [1.807, 2.05) is 0 Å². The minimum absolute atomic E-state index is 0.184. The fraction of sp³-hybridized carbons (Fsp3) is 0.0909. The summed E-state index contributed by atoms with van der Waals surface area (Å²) in [6, 6.07) is 3.46. The van der Waals surface area contributed by atoms with Gasteiger partial charge in [-0.25, -0.2) is 0 Å². The van der Waals surface area contributed by atoms with Gasteiger partial charge in [-0.3, -0.25) is 10.1 Å². The van der Waals surface area contributed by atoms with Crippen LogP contribution in [0.25, 0.3) is 5.57 Å². The number of halogens is 4. The second-order valence-electron chi connectivity index (χ2n) is 4.12. The topological polar surface area (TPSA) is 133 Å². The van der Waals surface area contributed by atoms with Crippen LogP contribution in [0.15, 0.2) is 22.8 Å². The maximum atomic E-state index is 13.2. The molecule has 2 N–H and O–H groups in total. The van der Waals surface area contributed by atoms with Gasteiger partial charge in [0.05, 0.1) is 4.92 Å². The molecule has 0 aliphatic rings. The van der Waals surface area contributed by atoms with Crippen LogP contribution in [0.1, 0.15) is 11.4 Å². The molecule has 1 aromatic heterocycles. The number of tetrazole rings is 1. The highest BCUT2D eigenvalue weighted by Gasteiger charge is 2.39. The van der Waals surface area contributed by atoms with E-state index in [-0.39, 0.29) is 11.4 Å². The van der Waals surface area contributed by atoms with Gasteiger partial charge in [0.2, 0.25) is 5.82 Å². The summed E-state index contributed by atoms with van der Waals surface area (Å²) in [6.45, 7) is 0. The van der Waals surface area contributed by atoms with Crippen molar-refractivity contribution in [2.24, 2.45) is 0 Å². The first-order valence-electron chi connectivity index (χ1n) is 5.90. The standard InChI is InChI=1S/C11H5BrF3N7O2/c12-6-1-2-7(22(23)24)9(8(6)11(13,14)15)17-4-5(3-16)10-18-20-21-19-10/h1-2,4,17H,(H,18,19,20,21). The van der Waals surface area contributed by atoms with Gasteiger partial charge in [0.15, 0.2) is 0 Å². The predicted molar refractivity (Wildman–Crippen MR) is 77.2 cm³/mol. The van der Waals surface area contributed by atoms with Crippen molar-refractivity contribution in [3.63, 3.8) is 0 Å². The number of nitro groups is 1. The summed E-state index contributed by atoms with van der Waals surface area (Å²) in [4.78, 5) is 10.0. The van der Waals surface area contributed by atoms with E-state index in [4.69, 9.17) is 5.26 Å². The zero-order valence-corrected chi connectivity index (χ0v) is 12.9. The van der Waals surface area contributed by atoms with Gasteiger partial charge in [0, 0.05) is 16.7 Å². The van der Waals surface area contributed by atoms with E-state index in [2.05, 4.69) is 41.9 Å². The van der Waals surface area contributed by atoms with Crippen LogP contribution in [-0.2, 0) is 6.18 Å². The van der Waals surface area contributed by atoms with Gasteiger partial charge < -0.3 is 5.32 Å². The smallest absolute Gasteiger partial charge is 0.354 e. The first kappa shape index (κ1) is 17.3. The second kappa shape index (κ2) is 6.62. The minimum atomic E-state index is -4.88. The Morgan fingerprint density at radius 2 is 2.21 bits per heavy atom. The van der Waals surface area contributed by atoms with Crippen molar-refractivity contribution in [2.45, 2.75) is 6.18 Å². The molecule has 13 heteroatoms. The van der Waals surface area contributed by atoms with Crippen molar-refractivity contribution in [3.05, 3.63) is 44.3 Å². The normalized spacial score (nSPS) is 11.9. The van der Waals surface area contributed by atoms with Crippen molar-refractivity contribution in [1.82, 2.24) is 20.6 Å². The van der Waals surface area contributed by atoms with Crippen molar-refractivity contribution in [2.75, 3.05) is 5.32 Å². The van der Waals surface area contributed by atoms with Gasteiger partial charge in [-0.05, 0) is 11.3 Å². The SMILES string of the molecule is N#CC(=CNc1c([N+](=O)[O-])ccc(Br)c1C(F)(F)F)c1nn[nH]n1. The van der Waals surface area contributed by atoms with Crippen molar-refractivity contribution < 1.29 is 18.1 Å². The molecule has 2 aromatic rings. The van der Waals surface area contributed by atoms with Crippen molar-refractivity contribution in [3.8, 4) is 6.07 Å². The van der Waals surface area contributed by atoms with Gasteiger partial charge in [-0.1, -0.05) is 15.9 Å². The molecule has 0 bridgehead atoms. The van der Waals surface area contributed by atoms with E-state index < -0.39 is 32.5 Å². The fourth-order valence-corrected chi connectivity index (χ4v) is 2.26. The molecule has 1 heterocycles. The largest absolute Gasteiger partial charge is 0.419 e. The van der Waals surface area contributed by atoms with Crippen LogP contribution in [0, 0.1) is 21.4 Å². The summed E-state index contributed by atoms with van der Waals surface area (Å²) in [5.74, 6) is -0.184. The van der Waals surface area contributed by atoms with Crippen LogP contribution in [0.2, 0.25) is 0 Å². The Bertz CT molecular complexity index is 843. The van der Waals surface area contributed by atoms with Crippen LogP contribution in [0.3, 0.4) is 0 Å². The van der Waals surface area contributed by atoms with Crippen LogP contribution in [-0.4, -0.2) is 25.5 Å². The molecule has 0 atom stereocenters. The van der Waals surface area contributed by atoms with E-state index in [0.29, 0.717) is 0 Å². The van der Waals surface area contributed by atoms with Crippen LogP contribution in [0.5, 0.6) is 0 Å². The number of allylic oxidation sites excluding steroid dienone is 1. The lowest BCUT2D eigenvalue weighted by Gasteiger charge is -2.14. The summed E-state index contributed by atoms with van der Waals surface area (Å²) in [7, 11) is 0. The Morgan fingerprint density at radius 3 is 2.71 bits per heavy atom. The predicted octanol–water partition coefficient (Wildman–Crippen LogP) is 2.87. The summed E-state index contributed by atoms with van der Waals surface area (Å²) >= 11 is 2.72. The molecule has 0 fully saturated rings. The Morgan fingerprint density at radius 1 is 1.50 bits per heavy atom. The monoisotopic (exact) mass is 403 g/mol. The van der Waals surface area contributed by atoms with E-state index in [1.165, 1.54) is 0 Å². The molecule has 0 amide bonds. The summed E-state index contributed by atoms with van der Waals surface area (Å²) in [5, 5.41) is 34.4. The third kappa shape index (κ3) is 3.49. The number of aromatic amines is 1. The molecule has 9 nitrogen and oxygen atoms in total. The summed E-state index contributed by atoms with van der Waals surface area (Å²) in [5.41, 5.74) is -3.19. The zero-order chi connectivity index (χ0) is 17.9. The molecule has 0 aliphatic heterocycles. The molecule has 0 saturated carbocycles. The third-order valence-electron chi connectivity index (χ3n) is 2.68. The van der Waals surface area contributed by atoms with Gasteiger partial charge >= 0.3 is 6.18 Å². The van der Waals surface area contributed by atoms with Crippen LogP contribution in [0.4, 0.5) is 24.5 Å². The van der Waals surface area contributed by atoms with Crippen molar-refractivity contribution in [1.29, 1.82) is 5.26 Å². The number of rotatable bonds is 4. The van der Waals surface area contributed by atoms with E-state index >= 15 is 0 Å². The number of benzene rings is 1. The Hall–Kier alpha value is -3.01. The summed E-state index contributed by atoms with van der Waals surface area (Å²) in [6.07, 6.45) is -4.05. The number of nitrogens with zero attached hydrogens (tertiary/aromatic N) is 5. The van der Waals surface area contributed by atoms with Gasteiger partial charge in [0.1, 0.15) is 22.9 Å². The first-order valence-corrected chi connectivity index (χ1v) is 6.69. The molecule has 0 saturated heterocycles. The molecule has 0 radical (unpaired) electrons. The molecular formula is C11H5BrF3N7O2. The third-order valence-corrected chi connectivity index (χ3v) is 3.34. The average molecular weight is 404 g/mol. The molecule has 2 rings (SSSR count). The molecular weight excluding hydrogens is 399 g/mol. The lowest BCUT2D eigenvalue weighted by molar-refractivity contribution is -0.384. The first-order chi connectivity index (χ1) is 11.3. The second-order valence-corrected chi connectivity index (χ2v) is 4.98. The highest BCUT2D eigenvalue weighted by molar-refractivity contribution is 9.10. The van der Waals surface area contributed by atoms with E-state index in [0.717, 1.165) is 18.3 Å². The molecule has 1 aromatic carbocycles. The number of nitro benzene ring substituents is 1. The quantitative estimate of drug-likeness (QED) is 0.455. The number of hydrogen-bond acceptors (Lipinski definition) is 7. The average Bonchev–Trinajstić information content (AvgIpc) is 3.00. The Kier molecular flexibility index (Phi) is 4.79. The number of H-pyrrole nitrogens is 1. The lowest BCUT2D eigenvalue weighted by atomic mass is 10.1. The molecule has 24 heavy (non-hydrogen) atoms. The highest BCUT2D eigenvalue weighted by atomic mass is 79.9. The number of anilines is 1.